The minimum Gasteiger partial charge on any atom is -0.460 e. The van der Waals surface area contributed by atoms with Gasteiger partial charge in [-0.3, -0.25) is 0 Å². The summed E-state index contributed by atoms with van der Waals surface area (Å²) in [6.07, 6.45) is 0. The van der Waals surface area contributed by atoms with Gasteiger partial charge in [0.15, 0.2) is 0 Å². The van der Waals surface area contributed by atoms with E-state index in [1.54, 1.807) is 0 Å². The molecule has 0 saturated carbocycles. The van der Waals surface area contributed by atoms with Crippen LogP contribution in [0.3, 0.4) is 0 Å². The van der Waals surface area contributed by atoms with Crippen molar-refractivity contribution in [2.75, 3.05) is 18.5 Å². The minimum atomic E-state index is 0.0787. The lowest BCUT2D eigenvalue weighted by atomic mass is 9.98. The van der Waals surface area contributed by atoms with Crippen molar-refractivity contribution in [3.8, 4) is 0 Å². The second-order valence-corrected chi connectivity index (χ2v) is 7.81. The van der Waals surface area contributed by atoms with Crippen LogP contribution < -0.4 is 9.38 Å². The summed E-state index contributed by atoms with van der Waals surface area (Å²) in [5, 5.41) is 0. The Morgan fingerprint density at radius 2 is 1.57 bits per heavy atom. The summed E-state index contributed by atoms with van der Waals surface area (Å²) in [5.41, 5.74) is 6.82. The second kappa shape index (κ2) is 5.38. The summed E-state index contributed by atoms with van der Waals surface area (Å²) in [4.78, 5) is 2.49. The fourth-order valence-electron chi connectivity index (χ4n) is 4.17. The molecule has 0 aromatic heterocycles. The first kappa shape index (κ1) is 16.1. The normalized spacial score (nSPS) is 23.3. The van der Waals surface area contributed by atoms with Crippen LogP contribution in [0, 0.1) is 27.4 Å². The van der Waals surface area contributed by atoms with Crippen molar-refractivity contribution in [1.29, 1.82) is 0 Å². The van der Waals surface area contributed by atoms with Gasteiger partial charge in [-0.2, -0.15) is 0 Å². The maximum atomic E-state index is 2.49. The average molecular weight is 308 g/mol. The molecule has 0 aliphatic carbocycles. The SMILES string of the molecule is Cc1cc(C)c(N2[CH-][N+](C)(c3ccccc3)CC2(C)C)c(C)c1. The maximum absolute atomic E-state index is 2.49. The highest BCUT2D eigenvalue weighted by molar-refractivity contribution is 5.66. The molecule has 1 fully saturated rings. The quantitative estimate of drug-likeness (QED) is 0.559. The maximum Gasteiger partial charge on any atom is 0.107 e. The summed E-state index contributed by atoms with van der Waals surface area (Å²) in [5.74, 6) is 0. The standard InChI is InChI=1S/C21H28N2/c1-16-12-17(2)20(18(3)13-16)22-15-23(6,14-21(22,4)5)19-10-8-7-9-11-19/h7-13,15H,14H2,1-6H3. The van der Waals surface area contributed by atoms with Gasteiger partial charge in [0.05, 0.1) is 12.1 Å². The van der Waals surface area contributed by atoms with Crippen LogP contribution in [0.5, 0.6) is 0 Å². The van der Waals surface area contributed by atoms with E-state index in [-0.39, 0.29) is 5.54 Å². The van der Waals surface area contributed by atoms with Gasteiger partial charge >= 0.3 is 0 Å². The number of likely N-dealkylation sites (N-methyl/N-ethyl adjacent to an activating group) is 1. The van der Waals surface area contributed by atoms with Gasteiger partial charge in [0.2, 0.25) is 0 Å². The largest absolute Gasteiger partial charge is 0.460 e. The first-order valence-electron chi connectivity index (χ1n) is 8.37. The van der Waals surface area contributed by atoms with Crippen molar-refractivity contribution in [2.24, 2.45) is 0 Å². The first-order chi connectivity index (χ1) is 10.7. The van der Waals surface area contributed by atoms with Crippen LogP contribution >= 0.6 is 0 Å². The molecule has 1 aliphatic heterocycles. The molecule has 0 spiro atoms. The monoisotopic (exact) mass is 308 g/mol. The van der Waals surface area contributed by atoms with Gasteiger partial charge in [0.1, 0.15) is 5.69 Å². The zero-order chi connectivity index (χ0) is 16.8. The van der Waals surface area contributed by atoms with E-state index in [9.17, 15) is 0 Å². The Balaban J connectivity index is 2.05. The van der Waals surface area contributed by atoms with E-state index in [1.807, 2.05) is 0 Å². The van der Waals surface area contributed by atoms with Crippen molar-refractivity contribution in [2.45, 2.75) is 40.2 Å². The van der Waals surface area contributed by atoms with Crippen molar-refractivity contribution in [3.05, 3.63) is 65.8 Å². The van der Waals surface area contributed by atoms with Crippen molar-refractivity contribution in [1.82, 2.24) is 4.48 Å². The van der Waals surface area contributed by atoms with Crippen LogP contribution in [0.25, 0.3) is 0 Å². The van der Waals surface area contributed by atoms with Crippen molar-refractivity contribution < 1.29 is 0 Å². The lowest BCUT2D eigenvalue weighted by molar-refractivity contribution is 0.408. The van der Waals surface area contributed by atoms with Gasteiger partial charge in [-0.1, -0.05) is 35.9 Å². The molecule has 23 heavy (non-hydrogen) atoms. The molecule has 2 aromatic carbocycles. The van der Waals surface area contributed by atoms with E-state index in [0.29, 0.717) is 0 Å². The Morgan fingerprint density at radius 1 is 1.00 bits per heavy atom. The highest BCUT2D eigenvalue weighted by Gasteiger charge is 2.40. The van der Waals surface area contributed by atoms with E-state index >= 15 is 0 Å². The first-order valence-corrected chi connectivity index (χ1v) is 8.37. The lowest BCUT2D eigenvalue weighted by Gasteiger charge is -2.41. The smallest absolute Gasteiger partial charge is 0.107 e. The number of rotatable bonds is 2. The summed E-state index contributed by atoms with van der Waals surface area (Å²) in [7, 11) is 2.30. The van der Waals surface area contributed by atoms with Gasteiger partial charge in [-0.25, -0.2) is 0 Å². The van der Waals surface area contributed by atoms with E-state index in [2.05, 4.69) is 95.7 Å². The van der Waals surface area contributed by atoms with Crippen LogP contribution in [0.1, 0.15) is 30.5 Å². The molecule has 0 N–H and O–H groups in total. The number of para-hydroxylation sites is 1. The summed E-state index contributed by atoms with van der Waals surface area (Å²) in [6.45, 7) is 14.8. The fourth-order valence-corrected chi connectivity index (χ4v) is 4.17. The van der Waals surface area contributed by atoms with Crippen LogP contribution in [0.4, 0.5) is 11.4 Å². The highest BCUT2D eigenvalue weighted by Crippen LogP contribution is 2.42. The van der Waals surface area contributed by atoms with Gasteiger partial charge in [-0.15, -0.1) is 0 Å². The Labute approximate surface area is 140 Å². The predicted octanol–water partition coefficient (Wildman–Crippen LogP) is 4.97. The molecule has 1 unspecified atom stereocenters. The number of hydrogen-bond donors (Lipinski definition) is 0. The third-order valence-corrected chi connectivity index (χ3v) is 4.96. The molecule has 2 heteroatoms. The Hall–Kier alpha value is -1.80. The molecule has 0 radical (unpaired) electrons. The number of aryl methyl sites for hydroxylation is 3. The summed E-state index contributed by atoms with van der Waals surface area (Å²) >= 11 is 0. The molecule has 1 heterocycles. The van der Waals surface area contributed by atoms with E-state index in [4.69, 9.17) is 0 Å². The molecular weight excluding hydrogens is 280 g/mol. The Bertz CT molecular complexity index is 695. The van der Waals surface area contributed by atoms with Crippen molar-refractivity contribution in [3.63, 3.8) is 0 Å². The summed E-state index contributed by atoms with van der Waals surface area (Å²) in [6, 6.07) is 15.4. The molecule has 0 bridgehead atoms. The van der Waals surface area contributed by atoms with E-state index < -0.39 is 0 Å². The molecule has 1 atom stereocenters. The number of nitrogens with zero attached hydrogens (tertiary/aromatic N) is 2. The zero-order valence-electron chi connectivity index (χ0n) is 15.2. The molecule has 122 valence electrons. The van der Waals surface area contributed by atoms with Gasteiger partial charge in [-0.05, 0) is 64.5 Å². The van der Waals surface area contributed by atoms with Crippen molar-refractivity contribution >= 4 is 11.4 Å². The predicted molar refractivity (Wildman–Crippen MR) is 101 cm³/mol. The topological polar surface area (TPSA) is 3.24 Å². The van der Waals surface area contributed by atoms with E-state index in [1.165, 1.54) is 28.1 Å². The molecule has 1 aliphatic rings. The van der Waals surface area contributed by atoms with Crippen LogP contribution in [-0.4, -0.2) is 19.1 Å². The molecule has 2 nitrogen and oxygen atoms in total. The third-order valence-electron chi connectivity index (χ3n) is 4.96. The Kier molecular flexibility index (Phi) is 3.76. The second-order valence-electron chi connectivity index (χ2n) is 7.81. The fraction of sp³-hybridized carbons (Fsp3) is 0.381. The average Bonchev–Trinajstić information content (AvgIpc) is 2.70. The van der Waals surface area contributed by atoms with Crippen LogP contribution in [0.2, 0.25) is 0 Å². The van der Waals surface area contributed by atoms with Gasteiger partial charge in [0.25, 0.3) is 0 Å². The van der Waals surface area contributed by atoms with Gasteiger partial charge < -0.3 is 9.38 Å². The molecule has 1 saturated heterocycles. The molecular formula is C21H28N2. The van der Waals surface area contributed by atoms with Crippen LogP contribution in [0.15, 0.2) is 42.5 Å². The zero-order valence-corrected chi connectivity index (χ0v) is 15.2. The van der Waals surface area contributed by atoms with E-state index in [0.717, 1.165) is 11.0 Å². The van der Waals surface area contributed by atoms with Gasteiger partial charge in [0, 0.05) is 12.7 Å². The Morgan fingerprint density at radius 3 is 2.13 bits per heavy atom. The molecule has 2 aromatic rings. The highest BCUT2D eigenvalue weighted by atomic mass is 15.5. The molecule has 0 amide bonds. The minimum absolute atomic E-state index is 0.0787. The van der Waals surface area contributed by atoms with Crippen LogP contribution in [-0.2, 0) is 0 Å². The summed E-state index contributed by atoms with van der Waals surface area (Å²) < 4.78 is 0.834. The third kappa shape index (κ3) is 2.76. The lowest BCUT2D eigenvalue weighted by Crippen LogP contribution is -2.43. The number of anilines is 1. The number of hydrogen-bond acceptors (Lipinski definition) is 1. The number of quaternary nitrogens is 1. The number of benzene rings is 2. The molecule has 3 rings (SSSR count).